The Kier molecular flexibility index (Phi) is 4.34. The van der Waals surface area contributed by atoms with E-state index in [9.17, 15) is 4.79 Å². The molecule has 19 heavy (non-hydrogen) atoms. The summed E-state index contributed by atoms with van der Waals surface area (Å²) in [5, 5.41) is 3.94. The zero-order valence-electron chi connectivity index (χ0n) is 10.6. The SMILES string of the molecule is CC(=NNC(=O)OCc1ccccc1)c1ccc[nH]1. The number of carbonyl (C=O) groups excluding carboxylic acids is 1. The average Bonchev–Trinajstić information content (AvgIpc) is 2.98. The molecule has 0 aliphatic rings. The molecule has 0 bridgehead atoms. The summed E-state index contributed by atoms with van der Waals surface area (Å²) in [6.45, 7) is 2.02. The van der Waals surface area contributed by atoms with Crippen LogP contribution in [0, 0.1) is 0 Å². The van der Waals surface area contributed by atoms with Gasteiger partial charge in [-0.05, 0) is 24.6 Å². The third-order valence-electron chi connectivity index (χ3n) is 2.52. The molecule has 0 spiro atoms. The predicted octanol–water partition coefficient (Wildman–Crippen LogP) is 2.67. The van der Waals surface area contributed by atoms with Gasteiger partial charge in [0.05, 0.1) is 11.4 Å². The van der Waals surface area contributed by atoms with Crippen LogP contribution in [0.3, 0.4) is 0 Å². The molecule has 0 fully saturated rings. The molecule has 1 amide bonds. The third-order valence-corrected chi connectivity index (χ3v) is 2.52. The summed E-state index contributed by atoms with van der Waals surface area (Å²) in [5.74, 6) is 0. The van der Waals surface area contributed by atoms with Crippen molar-refractivity contribution in [2.24, 2.45) is 5.10 Å². The summed E-state index contributed by atoms with van der Waals surface area (Å²) >= 11 is 0. The number of rotatable bonds is 4. The maximum Gasteiger partial charge on any atom is 0.428 e. The molecule has 1 heterocycles. The summed E-state index contributed by atoms with van der Waals surface area (Å²) in [7, 11) is 0. The number of nitrogens with one attached hydrogen (secondary N) is 2. The molecule has 5 heteroatoms. The Morgan fingerprint density at radius 3 is 2.74 bits per heavy atom. The summed E-state index contributed by atoms with van der Waals surface area (Å²) in [5.41, 5.74) is 4.81. The first kappa shape index (κ1) is 12.9. The first-order valence-electron chi connectivity index (χ1n) is 5.90. The molecule has 2 rings (SSSR count). The quantitative estimate of drug-likeness (QED) is 0.653. The average molecular weight is 257 g/mol. The van der Waals surface area contributed by atoms with E-state index in [0.717, 1.165) is 11.3 Å². The van der Waals surface area contributed by atoms with E-state index in [1.165, 1.54) is 0 Å². The standard InChI is InChI=1S/C14H15N3O2/c1-11(13-8-5-9-15-13)16-17-14(18)19-10-12-6-3-2-4-7-12/h2-9,15H,10H2,1H3,(H,17,18). The number of amides is 1. The summed E-state index contributed by atoms with van der Waals surface area (Å²) < 4.78 is 5.03. The Bertz CT molecular complexity index is 547. The molecule has 0 aliphatic carbocycles. The Balaban J connectivity index is 1.80. The van der Waals surface area contributed by atoms with Gasteiger partial charge in [-0.15, -0.1) is 0 Å². The minimum Gasteiger partial charge on any atom is -0.443 e. The van der Waals surface area contributed by atoms with Crippen molar-refractivity contribution < 1.29 is 9.53 Å². The van der Waals surface area contributed by atoms with Crippen LogP contribution >= 0.6 is 0 Å². The van der Waals surface area contributed by atoms with Crippen LogP contribution < -0.4 is 5.43 Å². The number of hydrogen-bond donors (Lipinski definition) is 2. The fourth-order valence-electron chi connectivity index (χ4n) is 1.50. The minimum atomic E-state index is -0.574. The zero-order valence-corrected chi connectivity index (χ0v) is 10.6. The molecule has 0 saturated carbocycles. The van der Waals surface area contributed by atoms with Gasteiger partial charge in [0.25, 0.3) is 0 Å². The highest BCUT2D eigenvalue weighted by Gasteiger charge is 2.02. The highest BCUT2D eigenvalue weighted by molar-refractivity contribution is 5.97. The molecule has 0 saturated heterocycles. The van der Waals surface area contributed by atoms with Crippen molar-refractivity contribution in [3.05, 3.63) is 59.9 Å². The van der Waals surface area contributed by atoms with Gasteiger partial charge in [0, 0.05) is 6.20 Å². The number of hydrazone groups is 1. The van der Waals surface area contributed by atoms with Gasteiger partial charge in [-0.25, -0.2) is 10.2 Å². The minimum absolute atomic E-state index is 0.226. The highest BCUT2D eigenvalue weighted by Crippen LogP contribution is 2.00. The van der Waals surface area contributed by atoms with E-state index >= 15 is 0 Å². The third kappa shape index (κ3) is 3.99. The van der Waals surface area contributed by atoms with Gasteiger partial charge in [0.15, 0.2) is 0 Å². The molecule has 0 aliphatic heterocycles. The summed E-state index contributed by atoms with van der Waals surface area (Å²) in [4.78, 5) is 14.4. The molecule has 0 radical (unpaired) electrons. The lowest BCUT2D eigenvalue weighted by Crippen LogP contribution is -2.20. The summed E-state index contributed by atoms with van der Waals surface area (Å²) in [6.07, 6.45) is 1.22. The van der Waals surface area contributed by atoms with Gasteiger partial charge in [-0.2, -0.15) is 5.10 Å². The van der Waals surface area contributed by atoms with Crippen molar-refractivity contribution in [1.82, 2.24) is 10.4 Å². The second-order valence-corrected chi connectivity index (χ2v) is 3.95. The number of aromatic nitrogens is 1. The molecular formula is C14H15N3O2. The van der Waals surface area contributed by atoms with E-state index in [-0.39, 0.29) is 6.61 Å². The topological polar surface area (TPSA) is 66.5 Å². The monoisotopic (exact) mass is 257 g/mol. The van der Waals surface area contributed by atoms with Crippen LogP contribution in [0.2, 0.25) is 0 Å². The Morgan fingerprint density at radius 1 is 1.26 bits per heavy atom. The van der Waals surface area contributed by atoms with Crippen LogP contribution in [0.5, 0.6) is 0 Å². The van der Waals surface area contributed by atoms with E-state index < -0.39 is 6.09 Å². The van der Waals surface area contributed by atoms with Crippen molar-refractivity contribution in [3.63, 3.8) is 0 Å². The van der Waals surface area contributed by atoms with Gasteiger partial charge in [-0.3, -0.25) is 0 Å². The van der Waals surface area contributed by atoms with Crippen molar-refractivity contribution in [1.29, 1.82) is 0 Å². The molecule has 0 unspecified atom stereocenters. The van der Waals surface area contributed by atoms with Crippen LogP contribution in [-0.4, -0.2) is 16.8 Å². The van der Waals surface area contributed by atoms with Crippen LogP contribution in [0.25, 0.3) is 0 Å². The number of hydrogen-bond acceptors (Lipinski definition) is 3. The second-order valence-electron chi connectivity index (χ2n) is 3.95. The van der Waals surface area contributed by atoms with E-state index in [0.29, 0.717) is 5.71 Å². The Labute approximate surface area is 111 Å². The van der Waals surface area contributed by atoms with Crippen molar-refractivity contribution >= 4 is 11.8 Å². The smallest absolute Gasteiger partial charge is 0.428 e. The number of aromatic amines is 1. The molecule has 0 atom stereocenters. The van der Waals surface area contributed by atoms with Gasteiger partial charge in [-0.1, -0.05) is 30.3 Å². The van der Waals surface area contributed by atoms with Crippen molar-refractivity contribution in [2.45, 2.75) is 13.5 Å². The lowest BCUT2D eigenvalue weighted by Gasteiger charge is -2.04. The lowest BCUT2D eigenvalue weighted by molar-refractivity contribution is 0.140. The van der Waals surface area contributed by atoms with E-state index in [1.54, 1.807) is 13.1 Å². The van der Waals surface area contributed by atoms with Crippen molar-refractivity contribution in [3.8, 4) is 0 Å². The maximum atomic E-state index is 11.4. The van der Waals surface area contributed by atoms with Gasteiger partial charge in [0.1, 0.15) is 6.61 Å². The van der Waals surface area contributed by atoms with Crippen LogP contribution in [0.1, 0.15) is 18.2 Å². The predicted molar refractivity (Wildman–Crippen MR) is 72.8 cm³/mol. The van der Waals surface area contributed by atoms with Crippen LogP contribution in [0.15, 0.2) is 53.8 Å². The largest absolute Gasteiger partial charge is 0.443 e. The first-order chi connectivity index (χ1) is 9.25. The van der Waals surface area contributed by atoms with Crippen molar-refractivity contribution in [2.75, 3.05) is 0 Å². The highest BCUT2D eigenvalue weighted by atomic mass is 16.5. The first-order valence-corrected chi connectivity index (χ1v) is 5.90. The van der Waals surface area contributed by atoms with E-state index in [2.05, 4.69) is 15.5 Å². The molecule has 2 aromatic rings. The number of H-pyrrole nitrogens is 1. The normalized spacial score (nSPS) is 11.1. The zero-order chi connectivity index (χ0) is 13.5. The second kappa shape index (κ2) is 6.39. The summed E-state index contributed by atoms with van der Waals surface area (Å²) in [6, 6.07) is 13.2. The Morgan fingerprint density at radius 2 is 2.05 bits per heavy atom. The fraction of sp³-hybridized carbons (Fsp3) is 0.143. The van der Waals surface area contributed by atoms with Gasteiger partial charge >= 0.3 is 6.09 Å². The Hall–Kier alpha value is -2.56. The number of benzene rings is 1. The molecule has 98 valence electrons. The van der Waals surface area contributed by atoms with Crippen LogP contribution in [0.4, 0.5) is 4.79 Å². The number of carbonyl (C=O) groups is 1. The van der Waals surface area contributed by atoms with Crippen LogP contribution in [-0.2, 0) is 11.3 Å². The molecule has 5 nitrogen and oxygen atoms in total. The lowest BCUT2D eigenvalue weighted by atomic mass is 10.2. The van der Waals surface area contributed by atoms with E-state index in [4.69, 9.17) is 4.74 Å². The molecular weight excluding hydrogens is 242 g/mol. The van der Waals surface area contributed by atoms with Gasteiger partial charge in [0.2, 0.25) is 0 Å². The molecule has 1 aromatic heterocycles. The number of nitrogens with zero attached hydrogens (tertiary/aromatic N) is 1. The molecule has 1 aromatic carbocycles. The number of ether oxygens (including phenoxy) is 1. The van der Waals surface area contributed by atoms with Gasteiger partial charge < -0.3 is 9.72 Å². The van der Waals surface area contributed by atoms with E-state index in [1.807, 2.05) is 42.5 Å². The maximum absolute atomic E-state index is 11.4. The molecule has 2 N–H and O–H groups in total. The fourth-order valence-corrected chi connectivity index (χ4v) is 1.50.